The van der Waals surface area contributed by atoms with Gasteiger partial charge >= 0.3 is 0 Å². The van der Waals surface area contributed by atoms with Crippen LogP contribution in [-0.4, -0.2) is 37.0 Å². The summed E-state index contributed by atoms with van der Waals surface area (Å²) in [5.74, 6) is 0. The van der Waals surface area contributed by atoms with Crippen LogP contribution in [0.3, 0.4) is 0 Å². The van der Waals surface area contributed by atoms with Crippen LogP contribution in [0.2, 0.25) is 0 Å². The number of hydrogen-bond acceptors (Lipinski definition) is 4. The van der Waals surface area contributed by atoms with Crippen LogP contribution >= 0.6 is 0 Å². The summed E-state index contributed by atoms with van der Waals surface area (Å²) in [7, 11) is -3.57. The number of rotatable bonds is 2. The lowest BCUT2D eigenvalue weighted by Gasteiger charge is -2.35. The van der Waals surface area contributed by atoms with Crippen LogP contribution in [0.15, 0.2) is 17.0 Å². The van der Waals surface area contributed by atoms with E-state index in [1.807, 2.05) is 6.92 Å². The number of aliphatic hydroxyl groups excluding tert-OH is 1. The second-order valence-electron chi connectivity index (χ2n) is 4.40. The molecule has 2 rings (SSSR count). The fourth-order valence-corrected chi connectivity index (χ4v) is 3.80. The van der Waals surface area contributed by atoms with E-state index in [2.05, 4.69) is 0 Å². The smallest absolute Gasteiger partial charge is 0.245 e. The van der Waals surface area contributed by atoms with Crippen molar-refractivity contribution >= 4 is 15.7 Å². The molecule has 3 N–H and O–H groups in total. The molecule has 1 aromatic carbocycles. The second kappa shape index (κ2) is 3.97. The van der Waals surface area contributed by atoms with Gasteiger partial charge < -0.3 is 10.8 Å². The van der Waals surface area contributed by atoms with Gasteiger partial charge in [-0.15, -0.1) is 0 Å². The quantitative estimate of drug-likeness (QED) is 0.743. The van der Waals surface area contributed by atoms with E-state index in [0.717, 1.165) is 5.56 Å². The molecule has 17 heavy (non-hydrogen) atoms. The van der Waals surface area contributed by atoms with E-state index >= 15 is 0 Å². The Labute approximate surface area is 101 Å². The Morgan fingerprint density at radius 1 is 1.35 bits per heavy atom. The summed E-state index contributed by atoms with van der Waals surface area (Å²) >= 11 is 0. The molecule has 1 saturated heterocycles. The molecule has 1 fully saturated rings. The van der Waals surface area contributed by atoms with E-state index in [9.17, 15) is 13.5 Å². The number of nitrogen functional groups attached to an aromatic ring is 1. The number of aryl methyl sites for hydroxylation is 1. The maximum absolute atomic E-state index is 12.3. The average Bonchev–Trinajstić information content (AvgIpc) is 2.19. The largest absolute Gasteiger partial charge is 0.398 e. The summed E-state index contributed by atoms with van der Waals surface area (Å²) < 4.78 is 25.8. The third-order valence-electron chi connectivity index (χ3n) is 3.13. The van der Waals surface area contributed by atoms with Crippen LogP contribution in [0.1, 0.15) is 11.1 Å². The SMILES string of the molecule is Cc1ccc(N)c(S(=O)(=O)N2CC(O)C2)c1C. The molecular weight excluding hydrogens is 240 g/mol. The first-order valence-electron chi connectivity index (χ1n) is 5.38. The molecule has 5 nitrogen and oxygen atoms in total. The normalized spacial score (nSPS) is 18.1. The first-order chi connectivity index (χ1) is 7.84. The highest BCUT2D eigenvalue weighted by Gasteiger charge is 2.37. The van der Waals surface area contributed by atoms with Gasteiger partial charge in [0, 0.05) is 13.1 Å². The highest BCUT2D eigenvalue weighted by Crippen LogP contribution is 2.30. The van der Waals surface area contributed by atoms with Crippen LogP contribution in [0, 0.1) is 13.8 Å². The number of nitrogens with zero attached hydrogens (tertiary/aromatic N) is 1. The Balaban J connectivity index is 2.50. The summed E-state index contributed by atoms with van der Waals surface area (Å²) in [5.41, 5.74) is 7.58. The minimum atomic E-state index is -3.57. The predicted octanol–water partition coefficient (Wildman–Crippen LogP) is 0.251. The molecule has 0 spiro atoms. The Morgan fingerprint density at radius 3 is 2.47 bits per heavy atom. The lowest BCUT2D eigenvalue weighted by atomic mass is 10.1. The van der Waals surface area contributed by atoms with Crippen molar-refractivity contribution in [2.45, 2.75) is 24.8 Å². The van der Waals surface area contributed by atoms with Crippen LogP contribution in [0.25, 0.3) is 0 Å². The zero-order chi connectivity index (χ0) is 12.8. The van der Waals surface area contributed by atoms with E-state index in [1.54, 1.807) is 19.1 Å². The maximum atomic E-state index is 12.3. The predicted molar refractivity (Wildman–Crippen MR) is 65.1 cm³/mol. The summed E-state index contributed by atoms with van der Waals surface area (Å²) in [4.78, 5) is 0.171. The van der Waals surface area contributed by atoms with Crippen LogP contribution in [-0.2, 0) is 10.0 Å². The molecule has 0 amide bonds. The summed E-state index contributed by atoms with van der Waals surface area (Å²) in [5, 5.41) is 9.18. The van der Waals surface area contributed by atoms with Gasteiger partial charge in [0.05, 0.1) is 11.8 Å². The fraction of sp³-hybridized carbons (Fsp3) is 0.455. The Kier molecular flexibility index (Phi) is 2.89. The third kappa shape index (κ3) is 1.92. The fourth-order valence-electron chi connectivity index (χ4n) is 1.90. The van der Waals surface area contributed by atoms with Crippen molar-refractivity contribution in [2.75, 3.05) is 18.8 Å². The Hall–Kier alpha value is -1.11. The van der Waals surface area contributed by atoms with Crippen molar-refractivity contribution in [3.63, 3.8) is 0 Å². The van der Waals surface area contributed by atoms with Crippen molar-refractivity contribution in [3.8, 4) is 0 Å². The third-order valence-corrected chi connectivity index (χ3v) is 5.17. The van der Waals surface area contributed by atoms with E-state index in [1.165, 1.54) is 4.31 Å². The molecule has 0 saturated carbocycles. The molecule has 1 aliphatic rings. The number of aliphatic hydroxyl groups is 1. The number of nitrogens with two attached hydrogens (primary N) is 1. The zero-order valence-corrected chi connectivity index (χ0v) is 10.7. The van der Waals surface area contributed by atoms with Crippen molar-refractivity contribution in [1.29, 1.82) is 0 Å². The van der Waals surface area contributed by atoms with Crippen LogP contribution in [0.5, 0.6) is 0 Å². The van der Waals surface area contributed by atoms with E-state index in [4.69, 9.17) is 5.73 Å². The van der Waals surface area contributed by atoms with E-state index < -0.39 is 16.1 Å². The number of hydrogen-bond donors (Lipinski definition) is 2. The molecule has 94 valence electrons. The first-order valence-corrected chi connectivity index (χ1v) is 6.82. The number of sulfonamides is 1. The molecule has 0 unspecified atom stereocenters. The number of benzene rings is 1. The van der Waals surface area contributed by atoms with Gasteiger partial charge in [-0.3, -0.25) is 0 Å². The number of β-amino-alcohol motifs (C(OH)–C–C–N with tert-alkyl or cyclic N) is 1. The Morgan fingerprint density at radius 2 is 1.94 bits per heavy atom. The highest BCUT2D eigenvalue weighted by atomic mass is 32.2. The van der Waals surface area contributed by atoms with Gasteiger partial charge in [-0.1, -0.05) is 6.07 Å². The summed E-state index contributed by atoms with van der Waals surface area (Å²) in [6, 6.07) is 3.40. The molecule has 0 aromatic heterocycles. The topological polar surface area (TPSA) is 83.6 Å². The zero-order valence-electron chi connectivity index (χ0n) is 9.84. The Bertz CT molecular complexity index is 548. The molecule has 6 heteroatoms. The van der Waals surface area contributed by atoms with Crippen LogP contribution in [0.4, 0.5) is 5.69 Å². The molecule has 0 radical (unpaired) electrons. The van der Waals surface area contributed by atoms with Crippen molar-refractivity contribution in [2.24, 2.45) is 0 Å². The van der Waals surface area contributed by atoms with Crippen LogP contribution < -0.4 is 5.73 Å². The summed E-state index contributed by atoms with van der Waals surface area (Å²) in [6.45, 7) is 3.89. The number of anilines is 1. The van der Waals surface area contributed by atoms with E-state index in [0.29, 0.717) is 5.56 Å². The van der Waals surface area contributed by atoms with Gasteiger partial charge in [-0.05, 0) is 31.0 Å². The van der Waals surface area contributed by atoms with Crippen molar-refractivity contribution in [1.82, 2.24) is 4.31 Å². The molecule has 0 bridgehead atoms. The minimum absolute atomic E-state index is 0.148. The average molecular weight is 256 g/mol. The van der Waals surface area contributed by atoms with Gasteiger partial charge in [0.15, 0.2) is 0 Å². The molecule has 1 aliphatic heterocycles. The maximum Gasteiger partial charge on any atom is 0.245 e. The molecule has 0 atom stereocenters. The monoisotopic (exact) mass is 256 g/mol. The van der Waals surface area contributed by atoms with Gasteiger partial charge in [0.1, 0.15) is 4.90 Å². The molecular formula is C11H16N2O3S. The molecule has 0 aliphatic carbocycles. The van der Waals surface area contributed by atoms with E-state index in [-0.39, 0.29) is 23.7 Å². The van der Waals surface area contributed by atoms with Gasteiger partial charge in [0.2, 0.25) is 10.0 Å². The standard InChI is InChI=1S/C11H16N2O3S/c1-7-3-4-10(12)11(8(7)2)17(15,16)13-5-9(14)6-13/h3-4,9,14H,5-6,12H2,1-2H3. The first kappa shape index (κ1) is 12.3. The summed E-state index contributed by atoms with van der Waals surface area (Å²) in [6.07, 6.45) is -0.559. The molecule has 1 heterocycles. The second-order valence-corrected chi connectivity index (χ2v) is 6.28. The van der Waals surface area contributed by atoms with Gasteiger partial charge in [-0.2, -0.15) is 4.31 Å². The van der Waals surface area contributed by atoms with Crippen molar-refractivity contribution < 1.29 is 13.5 Å². The van der Waals surface area contributed by atoms with Gasteiger partial charge in [-0.25, -0.2) is 8.42 Å². The lowest BCUT2D eigenvalue weighted by molar-refractivity contribution is 0.0548. The highest BCUT2D eigenvalue weighted by molar-refractivity contribution is 7.89. The minimum Gasteiger partial charge on any atom is -0.398 e. The molecule has 1 aromatic rings. The lowest BCUT2D eigenvalue weighted by Crippen LogP contribution is -2.53. The van der Waals surface area contributed by atoms with Crippen molar-refractivity contribution in [3.05, 3.63) is 23.3 Å². The van der Waals surface area contributed by atoms with Gasteiger partial charge in [0.25, 0.3) is 0 Å².